The van der Waals surface area contributed by atoms with E-state index in [2.05, 4.69) is 37.2 Å². The van der Waals surface area contributed by atoms with Gasteiger partial charge in [-0.1, -0.05) is 41.1 Å². The van der Waals surface area contributed by atoms with Gasteiger partial charge in [-0.15, -0.1) is 0 Å². The third-order valence-corrected chi connectivity index (χ3v) is 4.30. The normalized spacial score (nSPS) is 11.1. The number of hydrogen-bond donors (Lipinski definition) is 1. The van der Waals surface area contributed by atoms with Gasteiger partial charge in [0.25, 0.3) is 0 Å². The van der Waals surface area contributed by atoms with Gasteiger partial charge in [0.15, 0.2) is 0 Å². The Balaban J connectivity index is 1.90. The Labute approximate surface area is 164 Å². The summed E-state index contributed by atoms with van der Waals surface area (Å²) in [5.41, 5.74) is 5.93. The SMILES string of the molecule is Cc1ccc(C)c(-c2nn(-c3ccccc3)cc2/C=N/OCCCC(=O)O)c1. The molecule has 144 valence electrons. The molecule has 1 aromatic heterocycles. The molecule has 6 nitrogen and oxygen atoms in total. The maximum Gasteiger partial charge on any atom is 0.303 e. The van der Waals surface area contributed by atoms with E-state index in [0.29, 0.717) is 6.42 Å². The molecule has 0 atom stereocenters. The lowest BCUT2D eigenvalue weighted by Crippen LogP contribution is -1.97. The predicted molar refractivity (Wildman–Crippen MR) is 109 cm³/mol. The van der Waals surface area contributed by atoms with Crippen LogP contribution in [0.3, 0.4) is 0 Å². The van der Waals surface area contributed by atoms with E-state index in [1.54, 1.807) is 6.21 Å². The summed E-state index contributed by atoms with van der Waals surface area (Å²) in [4.78, 5) is 15.8. The number of rotatable bonds is 8. The first-order valence-electron chi connectivity index (χ1n) is 9.14. The molecule has 3 rings (SSSR count). The molecule has 2 aromatic carbocycles. The van der Waals surface area contributed by atoms with Crippen molar-refractivity contribution in [3.8, 4) is 16.9 Å². The zero-order chi connectivity index (χ0) is 19.9. The molecule has 1 heterocycles. The number of aromatic nitrogens is 2. The van der Waals surface area contributed by atoms with Gasteiger partial charge in [0.05, 0.1) is 11.9 Å². The van der Waals surface area contributed by atoms with Gasteiger partial charge in [-0.05, 0) is 44.0 Å². The van der Waals surface area contributed by atoms with Crippen molar-refractivity contribution in [2.45, 2.75) is 26.7 Å². The third-order valence-electron chi connectivity index (χ3n) is 4.30. The maximum atomic E-state index is 10.5. The van der Waals surface area contributed by atoms with Crippen molar-refractivity contribution < 1.29 is 14.7 Å². The van der Waals surface area contributed by atoms with E-state index in [4.69, 9.17) is 15.0 Å². The van der Waals surface area contributed by atoms with Crippen LogP contribution in [0.5, 0.6) is 0 Å². The number of hydrogen-bond acceptors (Lipinski definition) is 4. The average Bonchev–Trinajstić information content (AvgIpc) is 3.11. The molecule has 0 bridgehead atoms. The Morgan fingerprint density at radius 3 is 2.75 bits per heavy atom. The molecule has 6 heteroatoms. The van der Waals surface area contributed by atoms with Gasteiger partial charge in [-0.2, -0.15) is 5.10 Å². The Morgan fingerprint density at radius 2 is 2.00 bits per heavy atom. The van der Waals surface area contributed by atoms with Gasteiger partial charge < -0.3 is 9.94 Å². The molecule has 28 heavy (non-hydrogen) atoms. The second-order valence-electron chi connectivity index (χ2n) is 6.60. The number of nitrogens with zero attached hydrogens (tertiary/aromatic N) is 3. The lowest BCUT2D eigenvalue weighted by Gasteiger charge is -2.05. The van der Waals surface area contributed by atoms with E-state index in [0.717, 1.165) is 33.6 Å². The highest BCUT2D eigenvalue weighted by molar-refractivity contribution is 5.89. The monoisotopic (exact) mass is 377 g/mol. The molecule has 0 saturated heterocycles. The minimum Gasteiger partial charge on any atom is -0.481 e. The van der Waals surface area contributed by atoms with Crippen molar-refractivity contribution in [2.75, 3.05) is 6.61 Å². The number of carbonyl (C=O) groups is 1. The minimum absolute atomic E-state index is 0.0647. The Bertz CT molecular complexity index is 978. The van der Waals surface area contributed by atoms with E-state index < -0.39 is 5.97 Å². The fourth-order valence-electron chi connectivity index (χ4n) is 2.83. The van der Waals surface area contributed by atoms with Crippen molar-refractivity contribution in [3.63, 3.8) is 0 Å². The quantitative estimate of drug-likeness (QED) is 0.359. The summed E-state index contributed by atoms with van der Waals surface area (Å²) in [5, 5.41) is 17.5. The minimum atomic E-state index is -0.839. The summed E-state index contributed by atoms with van der Waals surface area (Å²) < 4.78 is 1.82. The summed E-state index contributed by atoms with van der Waals surface area (Å²) in [6.45, 7) is 4.37. The topological polar surface area (TPSA) is 76.7 Å². The summed E-state index contributed by atoms with van der Waals surface area (Å²) in [7, 11) is 0. The van der Waals surface area contributed by atoms with Gasteiger partial charge in [-0.25, -0.2) is 4.68 Å². The molecule has 0 fully saturated rings. The lowest BCUT2D eigenvalue weighted by atomic mass is 10.0. The average molecular weight is 377 g/mol. The van der Waals surface area contributed by atoms with Crippen LogP contribution >= 0.6 is 0 Å². The number of benzene rings is 2. The third kappa shape index (κ3) is 4.85. The summed E-state index contributed by atoms with van der Waals surface area (Å²) in [5.74, 6) is -0.839. The number of carboxylic acid groups (broad SMARTS) is 1. The van der Waals surface area contributed by atoms with E-state index in [9.17, 15) is 4.79 Å². The van der Waals surface area contributed by atoms with Crippen LogP contribution in [0.1, 0.15) is 29.5 Å². The van der Waals surface area contributed by atoms with Gasteiger partial charge in [0.1, 0.15) is 12.3 Å². The molecule has 0 spiro atoms. The van der Waals surface area contributed by atoms with Gasteiger partial charge in [0, 0.05) is 23.7 Å². The summed E-state index contributed by atoms with van der Waals surface area (Å²) >= 11 is 0. The Morgan fingerprint density at radius 1 is 1.21 bits per heavy atom. The first-order chi connectivity index (χ1) is 13.5. The lowest BCUT2D eigenvalue weighted by molar-refractivity contribution is -0.137. The first-order valence-corrected chi connectivity index (χ1v) is 9.14. The van der Waals surface area contributed by atoms with Crippen LogP contribution in [-0.2, 0) is 9.63 Å². The van der Waals surface area contributed by atoms with Crippen LogP contribution < -0.4 is 0 Å². The molecule has 0 aliphatic rings. The molecule has 0 unspecified atom stereocenters. The zero-order valence-electron chi connectivity index (χ0n) is 16.0. The standard InChI is InChI=1S/C22H23N3O3/c1-16-10-11-17(2)20(13-16)22-18(14-23-28-12-6-9-21(26)27)15-25(24-22)19-7-4-3-5-8-19/h3-5,7-8,10-11,13-15H,6,9,12H2,1-2H3,(H,26,27)/b23-14+. The largest absolute Gasteiger partial charge is 0.481 e. The van der Waals surface area contributed by atoms with Crippen LogP contribution in [0.25, 0.3) is 16.9 Å². The van der Waals surface area contributed by atoms with Crippen molar-refractivity contribution in [2.24, 2.45) is 5.16 Å². The van der Waals surface area contributed by atoms with E-state index >= 15 is 0 Å². The van der Waals surface area contributed by atoms with Gasteiger partial charge >= 0.3 is 5.97 Å². The van der Waals surface area contributed by atoms with Crippen LogP contribution in [0.2, 0.25) is 0 Å². The van der Waals surface area contributed by atoms with Gasteiger partial charge in [0.2, 0.25) is 0 Å². The van der Waals surface area contributed by atoms with Crippen LogP contribution in [-0.4, -0.2) is 33.7 Å². The molecule has 0 radical (unpaired) electrons. The molecule has 0 saturated carbocycles. The Hall–Kier alpha value is -3.41. The smallest absolute Gasteiger partial charge is 0.303 e. The highest BCUT2D eigenvalue weighted by atomic mass is 16.6. The summed E-state index contributed by atoms with van der Waals surface area (Å²) in [6, 6.07) is 16.1. The Kier molecular flexibility index (Phi) is 6.22. The molecule has 0 amide bonds. The second-order valence-corrected chi connectivity index (χ2v) is 6.60. The number of oxime groups is 1. The van der Waals surface area contributed by atoms with Crippen LogP contribution in [0.4, 0.5) is 0 Å². The van der Waals surface area contributed by atoms with E-state index in [1.807, 2.05) is 41.2 Å². The van der Waals surface area contributed by atoms with Crippen molar-refractivity contribution in [1.82, 2.24) is 9.78 Å². The molecular formula is C22H23N3O3. The molecule has 0 aliphatic carbocycles. The van der Waals surface area contributed by atoms with E-state index in [-0.39, 0.29) is 13.0 Å². The zero-order valence-corrected chi connectivity index (χ0v) is 16.0. The van der Waals surface area contributed by atoms with Crippen molar-refractivity contribution in [1.29, 1.82) is 0 Å². The fraction of sp³-hybridized carbons (Fsp3) is 0.227. The van der Waals surface area contributed by atoms with Gasteiger partial charge in [-0.3, -0.25) is 4.79 Å². The molecule has 0 aliphatic heterocycles. The van der Waals surface area contributed by atoms with E-state index in [1.165, 1.54) is 0 Å². The second kappa shape index (κ2) is 8.99. The number of carboxylic acids is 1. The highest BCUT2D eigenvalue weighted by Gasteiger charge is 2.13. The summed E-state index contributed by atoms with van der Waals surface area (Å²) in [6.07, 6.45) is 4.02. The first kappa shape index (κ1) is 19.4. The number of para-hydroxylation sites is 1. The maximum absolute atomic E-state index is 10.5. The fourth-order valence-corrected chi connectivity index (χ4v) is 2.83. The van der Waals surface area contributed by atoms with Crippen LogP contribution in [0.15, 0.2) is 59.9 Å². The number of aryl methyl sites for hydroxylation is 2. The number of aliphatic carboxylic acids is 1. The molecular weight excluding hydrogens is 354 g/mol. The van der Waals surface area contributed by atoms with Crippen molar-refractivity contribution in [3.05, 3.63) is 71.4 Å². The highest BCUT2D eigenvalue weighted by Crippen LogP contribution is 2.27. The van der Waals surface area contributed by atoms with Crippen molar-refractivity contribution >= 4 is 12.2 Å². The predicted octanol–water partition coefficient (Wildman–Crippen LogP) is 4.37. The molecule has 3 aromatic rings. The molecule has 1 N–H and O–H groups in total. The van der Waals surface area contributed by atoms with Crippen LogP contribution in [0, 0.1) is 13.8 Å².